The fourth-order valence-corrected chi connectivity index (χ4v) is 1.29. The minimum Gasteiger partial charge on any atom is -0.390 e. The topological polar surface area (TPSA) is 89.9 Å². The highest BCUT2D eigenvalue weighted by Crippen LogP contribution is 2.09. The van der Waals surface area contributed by atoms with Crippen molar-refractivity contribution in [2.75, 3.05) is 27.2 Å². The van der Waals surface area contributed by atoms with Gasteiger partial charge in [-0.05, 0) is 7.05 Å². The smallest absolute Gasteiger partial charge is 0.334 e. The second-order valence-corrected chi connectivity index (χ2v) is 3.27. The molecule has 1 aliphatic heterocycles. The molecule has 1 fully saturated rings. The molecule has 1 heterocycles. The summed E-state index contributed by atoms with van der Waals surface area (Å²) >= 11 is 0. The maximum absolute atomic E-state index is 11.3. The van der Waals surface area contributed by atoms with Crippen LogP contribution in [0, 0.1) is 0 Å². The van der Waals surface area contributed by atoms with E-state index < -0.39 is 23.9 Å². The lowest BCUT2D eigenvalue weighted by molar-refractivity contribution is -0.143. The summed E-state index contributed by atoms with van der Waals surface area (Å²) in [5.41, 5.74) is 0. The Hall–Kier alpha value is -1.47. The van der Waals surface area contributed by atoms with Crippen LogP contribution in [-0.2, 0) is 9.59 Å². The van der Waals surface area contributed by atoms with Gasteiger partial charge in [-0.15, -0.1) is 0 Å². The van der Waals surface area contributed by atoms with Crippen LogP contribution in [0.25, 0.3) is 0 Å². The van der Waals surface area contributed by atoms with Crippen molar-refractivity contribution in [1.29, 1.82) is 0 Å². The summed E-state index contributed by atoms with van der Waals surface area (Å²) in [6.45, 7) is 0.0730. The number of nitrogens with one attached hydrogen (secondary N) is 1. The molecule has 1 aliphatic rings. The van der Waals surface area contributed by atoms with Crippen molar-refractivity contribution in [3.05, 3.63) is 0 Å². The van der Waals surface area contributed by atoms with Crippen LogP contribution in [0.2, 0.25) is 0 Å². The van der Waals surface area contributed by atoms with Gasteiger partial charge < -0.3 is 10.4 Å². The highest BCUT2D eigenvalue weighted by atomic mass is 16.3. The van der Waals surface area contributed by atoms with E-state index in [0.717, 1.165) is 9.80 Å². The molecule has 7 nitrogen and oxygen atoms in total. The van der Waals surface area contributed by atoms with Crippen LogP contribution in [-0.4, -0.2) is 66.0 Å². The molecule has 0 bridgehead atoms. The third kappa shape index (κ3) is 2.13. The van der Waals surface area contributed by atoms with Crippen molar-refractivity contribution in [3.8, 4) is 0 Å². The predicted molar refractivity (Wildman–Crippen MR) is 49.8 cm³/mol. The number of hydrogen-bond acceptors (Lipinski definition) is 5. The number of likely N-dealkylation sites (N-methyl/N-ethyl adjacent to an activating group) is 2. The number of carbonyl (C=O) groups excluding carboxylic acids is 3. The van der Waals surface area contributed by atoms with E-state index in [4.69, 9.17) is 0 Å². The number of imide groups is 2. The fraction of sp³-hybridized carbons (Fsp3) is 0.625. The van der Waals surface area contributed by atoms with E-state index in [1.165, 1.54) is 7.05 Å². The maximum atomic E-state index is 11.3. The molecule has 1 saturated heterocycles. The molecule has 1 rings (SSSR count). The highest BCUT2D eigenvalue weighted by molar-refractivity contribution is 6.44. The Kier molecular flexibility index (Phi) is 3.38. The van der Waals surface area contributed by atoms with Gasteiger partial charge in [-0.25, -0.2) is 4.79 Å². The Morgan fingerprint density at radius 1 is 1.33 bits per heavy atom. The minimum absolute atomic E-state index is 0.172. The Balaban J connectivity index is 2.67. The molecule has 84 valence electrons. The van der Waals surface area contributed by atoms with Crippen molar-refractivity contribution < 1.29 is 19.5 Å². The largest absolute Gasteiger partial charge is 0.390 e. The molecule has 2 N–H and O–H groups in total. The molecule has 0 aromatic carbocycles. The first-order valence-corrected chi connectivity index (χ1v) is 4.45. The molecular weight excluding hydrogens is 202 g/mol. The lowest BCUT2D eigenvalue weighted by atomic mass is 10.3. The first-order chi connectivity index (χ1) is 6.99. The summed E-state index contributed by atoms with van der Waals surface area (Å²) in [7, 11) is 2.86. The molecule has 0 aromatic heterocycles. The van der Waals surface area contributed by atoms with Crippen LogP contribution < -0.4 is 5.32 Å². The molecule has 1 unspecified atom stereocenters. The van der Waals surface area contributed by atoms with Crippen LogP contribution in [0.5, 0.6) is 0 Å². The highest BCUT2D eigenvalue weighted by Gasteiger charge is 2.42. The number of nitrogens with zero attached hydrogens (tertiary/aromatic N) is 2. The van der Waals surface area contributed by atoms with E-state index in [9.17, 15) is 19.5 Å². The lowest BCUT2D eigenvalue weighted by Gasteiger charge is -2.16. The van der Waals surface area contributed by atoms with Crippen molar-refractivity contribution in [2.24, 2.45) is 0 Å². The van der Waals surface area contributed by atoms with E-state index in [-0.39, 0.29) is 13.1 Å². The normalized spacial score (nSPS) is 19.0. The Labute approximate surface area is 86.6 Å². The van der Waals surface area contributed by atoms with Crippen LogP contribution in [0.3, 0.4) is 0 Å². The summed E-state index contributed by atoms with van der Waals surface area (Å²) in [6, 6.07) is -0.694. The van der Waals surface area contributed by atoms with Crippen molar-refractivity contribution in [1.82, 2.24) is 15.1 Å². The molecule has 7 heteroatoms. The van der Waals surface area contributed by atoms with Gasteiger partial charge in [0.1, 0.15) is 0 Å². The van der Waals surface area contributed by atoms with Gasteiger partial charge in [0, 0.05) is 13.6 Å². The van der Waals surface area contributed by atoms with Crippen LogP contribution in [0.15, 0.2) is 0 Å². The van der Waals surface area contributed by atoms with Crippen LogP contribution in [0.4, 0.5) is 4.79 Å². The monoisotopic (exact) mass is 215 g/mol. The zero-order valence-electron chi connectivity index (χ0n) is 8.56. The molecule has 0 aliphatic carbocycles. The maximum Gasteiger partial charge on any atom is 0.334 e. The van der Waals surface area contributed by atoms with Gasteiger partial charge in [-0.3, -0.25) is 19.4 Å². The fourth-order valence-electron chi connectivity index (χ4n) is 1.29. The quantitative estimate of drug-likeness (QED) is 0.417. The van der Waals surface area contributed by atoms with E-state index in [1.807, 2.05) is 0 Å². The minimum atomic E-state index is -0.891. The molecular formula is C8H13N3O4. The van der Waals surface area contributed by atoms with Gasteiger partial charge in [0.2, 0.25) is 0 Å². The van der Waals surface area contributed by atoms with E-state index in [2.05, 4.69) is 5.32 Å². The number of amides is 4. The zero-order valence-corrected chi connectivity index (χ0v) is 8.56. The van der Waals surface area contributed by atoms with Gasteiger partial charge in [-0.1, -0.05) is 0 Å². The third-order valence-electron chi connectivity index (χ3n) is 2.08. The SMILES string of the molecule is CNCC(O)CN1C(=O)C(=O)N(C)C1=O. The number of carbonyl (C=O) groups is 3. The summed E-state index contributed by atoms with van der Waals surface area (Å²) in [5.74, 6) is -1.76. The van der Waals surface area contributed by atoms with Gasteiger partial charge in [0.25, 0.3) is 0 Å². The number of rotatable bonds is 4. The molecule has 4 amide bonds. The third-order valence-corrected chi connectivity index (χ3v) is 2.08. The van der Waals surface area contributed by atoms with E-state index in [0.29, 0.717) is 0 Å². The zero-order chi connectivity index (χ0) is 11.6. The number of β-amino-alcohol motifs (C(OH)–C–C–N with tert-alkyl or cyclic N) is 1. The number of urea groups is 1. The van der Waals surface area contributed by atoms with E-state index >= 15 is 0 Å². The summed E-state index contributed by atoms with van der Waals surface area (Å²) in [6.07, 6.45) is -0.873. The van der Waals surface area contributed by atoms with Gasteiger partial charge in [-0.2, -0.15) is 0 Å². The van der Waals surface area contributed by atoms with Crippen molar-refractivity contribution in [3.63, 3.8) is 0 Å². The molecule has 0 spiro atoms. The summed E-state index contributed by atoms with van der Waals surface area (Å²) < 4.78 is 0. The first-order valence-electron chi connectivity index (χ1n) is 4.45. The molecule has 1 atom stereocenters. The van der Waals surface area contributed by atoms with Crippen LogP contribution in [0.1, 0.15) is 0 Å². The number of hydrogen-bond donors (Lipinski definition) is 2. The Morgan fingerprint density at radius 3 is 2.33 bits per heavy atom. The standard InChI is InChI=1S/C8H13N3O4/c1-9-3-5(12)4-11-7(14)6(13)10(2)8(11)15/h5,9,12H,3-4H2,1-2H3. The van der Waals surface area contributed by atoms with Crippen molar-refractivity contribution in [2.45, 2.75) is 6.10 Å². The second-order valence-electron chi connectivity index (χ2n) is 3.27. The molecule has 15 heavy (non-hydrogen) atoms. The number of aliphatic hydroxyl groups excluding tert-OH is 1. The van der Waals surface area contributed by atoms with Crippen molar-refractivity contribution >= 4 is 17.8 Å². The average molecular weight is 215 g/mol. The first kappa shape index (κ1) is 11.6. The molecule has 0 saturated carbocycles. The predicted octanol–water partition coefficient (Wildman–Crippen LogP) is -2.01. The average Bonchev–Trinajstić information content (AvgIpc) is 2.36. The van der Waals surface area contributed by atoms with Gasteiger partial charge in [0.05, 0.1) is 12.6 Å². The lowest BCUT2D eigenvalue weighted by Crippen LogP contribution is -2.41. The summed E-state index contributed by atoms with van der Waals surface area (Å²) in [5, 5.41) is 12.1. The van der Waals surface area contributed by atoms with Gasteiger partial charge in [0.15, 0.2) is 0 Å². The molecule has 0 aromatic rings. The summed E-state index contributed by atoms with van der Waals surface area (Å²) in [4.78, 5) is 35.1. The number of aliphatic hydroxyl groups is 1. The van der Waals surface area contributed by atoms with E-state index in [1.54, 1.807) is 7.05 Å². The molecule has 0 radical (unpaired) electrons. The van der Waals surface area contributed by atoms with Crippen LogP contribution >= 0.6 is 0 Å². The Morgan fingerprint density at radius 2 is 1.93 bits per heavy atom. The Bertz CT molecular complexity index is 304. The second kappa shape index (κ2) is 4.37. The van der Waals surface area contributed by atoms with Gasteiger partial charge >= 0.3 is 17.8 Å².